The van der Waals surface area contributed by atoms with Gasteiger partial charge in [0.1, 0.15) is 0 Å². The molecule has 1 aromatic carbocycles. The van der Waals surface area contributed by atoms with Crippen molar-refractivity contribution in [2.24, 2.45) is 5.92 Å². The van der Waals surface area contributed by atoms with Crippen LogP contribution in [-0.2, 0) is 6.42 Å². The smallest absolute Gasteiger partial charge is 0.0914 e. The zero-order valence-corrected chi connectivity index (χ0v) is 11.9. The second kappa shape index (κ2) is 7.57. The van der Waals surface area contributed by atoms with Gasteiger partial charge in [-0.2, -0.15) is 0 Å². The molecule has 1 aromatic rings. The normalized spacial score (nSPS) is 12.7. The zero-order valence-electron chi connectivity index (χ0n) is 11.1. The van der Waals surface area contributed by atoms with Gasteiger partial charge in [0, 0.05) is 18.1 Å². The molecule has 0 fully saturated rings. The lowest BCUT2D eigenvalue weighted by atomic mass is 10.0. The van der Waals surface area contributed by atoms with Crippen LogP contribution in [-0.4, -0.2) is 18.2 Å². The van der Waals surface area contributed by atoms with E-state index in [2.05, 4.69) is 37.9 Å². The van der Waals surface area contributed by atoms with Crippen molar-refractivity contribution in [3.63, 3.8) is 0 Å². The van der Waals surface area contributed by atoms with Crippen molar-refractivity contribution in [1.29, 1.82) is 0 Å². The van der Waals surface area contributed by atoms with Gasteiger partial charge in [-0.05, 0) is 23.5 Å². The molecule has 2 nitrogen and oxygen atoms in total. The van der Waals surface area contributed by atoms with E-state index in [1.54, 1.807) is 0 Å². The first-order chi connectivity index (χ1) is 8.49. The summed E-state index contributed by atoms with van der Waals surface area (Å²) >= 11 is 5.64. The molecule has 0 amide bonds. The molecule has 1 atom stereocenters. The van der Waals surface area contributed by atoms with Crippen molar-refractivity contribution in [1.82, 2.24) is 5.32 Å². The Morgan fingerprint density at radius 3 is 2.44 bits per heavy atom. The first-order valence-corrected chi connectivity index (χ1v) is 6.67. The van der Waals surface area contributed by atoms with Crippen LogP contribution in [0, 0.1) is 5.92 Å². The Bertz CT molecular complexity index is 373. The highest BCUT2D eigenvalue weighted by molar-refractivity contribution is 6.29. The summed E-state index contributed by atoms with van der Waals surface area (Å²) in [6.07, 6.45) is 0.565. The molecule has 1 unspecified atom stereocenters. The van der Waals surface area contributed by atoms with Gasteiger partial charge >= 0.3 is 0 Å². The molecule has 0 saturated heterocycles. The zero-order chi connectivity index (χ0) is 13.5. The first-order valence-electron chi connectivity index (χ1n) is 6.30. The summed E-state index contributed by atoms with van der Waals surface area (Å²) in [5.41, 5.74) is 2.23. The minimum absolute atomic E-state index is 0.481. The number of nitrogens with one attached hydrogen (secondary N) is 1. The van der Waals surface area contributed by atoms with E-state index in [1.807, 2.05) is 12.1 Å². The molecule has 0 saturated carbocycles. The van der Waals surface area contributed by atoms with Crippen molar-refractivity contribution in [2.75, 3.05) is 13.1 Å². The molecule has 0 aliphatic carbocycles. The topological polar surface area (TPSA) is 32.3 Å². The van der Waals surface area contributed by atoms with Gasteiger partial charge in [-0.15, -0.1) is 0 Å². The van der Waals surface area contributed by atoms with Gasteiger partial charge < -0.3 is 10.4 Å². The van der Waals surface area contributed by atoms with E-state index >= 15 is 0 Å². The molecule has 0 aromatic heterocycles. The standard InChI is InChI=1S/C15H22ClNO/c1-11(2)8-13-4-6-14(7-5-13)15(18)10-17-9-12(3)16/h4-7,11,15,17-18H,3,8-10H2,1-2H3. The van der Waals surface area contributed by atoms with Crippen molar-refractivity contribution in [3.05, 3.63) is 47.0 Å². The molecule has 1 rings (SSSR count). The Balaban J connectivity index is 2.48. The van der Waals surface area contributed by atoms with E-state index in [-0.39, 0.29) is 0 Å². The minimum atomic E-state index is -0.505. The number of benzene rings is 1. The second-order valence-electron chi connectivity index (χ2n) is 5.00. The molecule has 18 heavy (non-hydrogen) atoms. The lowest BCUT2D eigenvalue weighted by Gasteiger charge is -2.13. The van der Waals surface area contributed by atoms with E-state index < -0.39 is 6.10 Å². The maximum Gasteiger partial charge on any atom is 0.0914 e. The SMILES string of the molecule is C=C(Cl)CNCC(O)c1ccc(CC(C)C)cc1. The Labute approximate surface area is 115 Å². The number of halogens is 1. The second-order valence-corrected chi connectivity index (χ2v) is 5.54. The fourth-order valence-corrected chi connectivity index (χ4v) is 1.90. The van der Waals surface area contributed by atoms with E-state index in [4.69, 9.17) is 11.6 Å². The fourth-order valence-electron chi connectivity index (χ4n) is 1.81. The van der Waals surface area contributed by atoms with Crippen molar-refractivity contribution in [2.45, 2.75) is 26.4 Å². The third-order valence-corrected chi connectivity index (χ3v) is 2.80. The predicted molar refractivity (Wildman–Crippen MR) is 77.8 cm³/mol. The monoisotopic (exact) mass is 267 g/mol. The molecule has 0 radical (unpaired) electrons. The third kappa shape index (κ3) is 5.67. The van der Waals surface area contributed by atoms with Gasteiger partial charge in [0.25, 0.3) is 0 Å². The summed E-state index contributed by atoms with van der Waals surface area (Å²) in [6, 6.07) is 8.14. The number of hydrogen-bond acceptors (Lipinski definition) is 2. The molecule has 100 valence electrons. The lowest BCUT2D eigenvalue weighted by Crippen LogP contribution is -2.22. The quantitative estimate of drug-likeness (QED) is 0.795. The van der Waals surface area contributed by atoms with Crippen LogP contribution in [0.3, 0.4) is 0 Å². The summed E-state index contributed by atoms with van der Waals surface area (Å²) in [7, 11) is 0. The molecule has 0 aliphatic rings. The largest absolute Gasteiger partial charge is 0.387 e. The van der Waals surface area contributed by atoms with Crippen molar-refractivity contribution in [3.8, 4) is 0 Å². The summed E-state index contributed by atoms with van der Waals surface area (Å²) in [4.78, 5) is 0. The maximum absolute atomic E-state index is 9.97. The fraction of sp³-hybridized carbons (Fsp3) is 0.467. The first kappa shape index (κ1) is 15.2. The molecule has 0 aliphatic heterocycles. The Morgan fingerprint density at radius 2 is 1.94 bits per heavy atom. The van der Waals surface area contributed by atoms with Gasteiger partial charge in [0.15, 0.2) is 0 Å². The molecular formula is C15H22ClNO. The van der Waals surface area contributed by atoms with E-state index in [0.29, 0.717) is 24.0 Å². The van der Waals surface area contributed by atoms with Gasteiger partial charge in [-0.3, -0.25) is 0 Å². The number of hydrogen-bond donors (Lipinski definition) is 2. The summed E-state index contributed by atoms with van der Waals surface area (Å²) in [6.45, 7) is 8.98. The molecule has 0 spiro atoms. The van der Waals surface area contributed by atoms with Crippen LogP contribution in [0.25, 0.3) is 0 Å². The molecular weight excluding hydrogens is 246 g/mol. The van der Waals surface area contributed by atoms with Crippen LogP contribution >= 0.6 is 11.6 Å². The Morgan fingerprint density at radius 1 is 1.33 bits per heavy atom. The van der Waals surface area contributed by atoms with Gasteiger partial charge in [0.2, 0.25) is 0 Å². The van der Waals surface area contributed by atoms with Crippen LogP contribution in [0.4, 0.5) is 0 Å². The van der Waals surface area contributed by atoms with Gasteiger partial charge in [-0.25, -0.2) is 0 Å². The highest BCUT2D eigenvalue weighted by Gasteiger charge is 2.07. The van der Waals surface area contributed by atoms with Crippen LogP contribution in [0.2, 0.25) is 0 Å². The molecule has 3 heteroatoms. The van der Waals surface area contributed by atoms with Crippen LogP contribution in [0.5, 0.6) is 0 Å². The van der Waals surface area contributed by atoms with Crippen LogP contribution in [0.15, 0.2) is 35.9 Å². The van der Waals surface area contributed by atoms with E-state index in [0.717, 1.165) is 12.0 Å². The van der Waals surface area contributed by atoms with Crippen molar-refractivity contribution >= 4 is 11.6 Å². The number of aliphatic hydroxyl groups excluding tert-OH is 1. The van der Waals surface area contributed by atoms with Crippen LogP contribution < -0.4 is 5.32 Å². The highest BCUT2D eigenvalue weighted by Crippen LogP contribution is 2.15. The average Bonchev–Trinajstić information content (AvgIpc) is 2.28. The van der Waals surface area contributed by atoms with Crippen molar-refractivity contribution < 1.29 is 5.11 Å². The third-order valence-electron chi connectivity index (χ3n) is 2.66. The lowest BCUT2D eigenvalue weighted by molar-refractivity contribution is 0.176. The molecule has 2 N–H and O–H groups in total. The minimum Gasteiger partial charge on any atom is -0.387 e. The Kier molecular flexibility index (Phi) is 6.41. The van der Waals surface area contributed by atoms with Gasteiger partial charge in [0.05, 0.1) is 6.10 Å². The van der Waals surface area contributed by atoms with E-state index in [1.165, 1.54) is 5.56 Å². The summed E-state index contributed by atoms with van der Waals surface area (Å²) < 4.78 is 0. The molecule has 0 bridgehead atoms. The summed E-state index contributed by atoms with van der Waals surface area (Å²) in [5.74, 6) is 0.650. The summed E-state index contributed by atoms with van der Waals surface area (Å²) in [5, 5.41) is 13.6. The predicted octanol–water partition coefficient (Wildman–Crippen LogP) is 3.26. The highest BCUT2D eigenvalue weighted by atomic mass is 35.5. The molecule has 0 heterocycles. The number of rotatable bonds is 7. The Hall–Kier alpha value is -0.830. The maximum atomic E-state index is 9.97. The number of aliphatic hydroxyl groups is 1. The van der Waals surface area contributed by atoms with Gasteiger partial charge in [-0.1, -0.05) is 56.3 Å². The van der Waals surface area contributed by atoms with E-state index in [9.17, 15) is 5.11 Å². The average molecular weight is 268 g/mol. The van der Waals surface area contributed by atoms with Crippen LogP contribution in [0.1, 0.15) is 31.1 Å².